The largest absolute Gasteiger partial charge is 0.372 e. The van der Waals surface area contributed by atoms with E-state index >= 15 is 0 Å². The molecule has 0 atom stereocenters. The van der Waals surface area contributed by atoms with E-state index in [4.69, 9.17) is 12.2 Å². The molecule has 1 rings (SSSR count). The first-order valence-corrected chi connectivity index (χ1v) is 6.47. The van der Waals surface area contributed by atoms with Crippen LogP contribution in [0.4, 0.5) is 5.69 Å². The number of nitrogens with zero attached hydrogens (tertiary/aromatic N) is 2. The second kappa shape index (κ2) is 7.66. The van der Waals surface area contributed by atoms with Crippen molar-refractivity contribution in [3.8, 4) is 0 Å². The Bertz CT molecular complexity index is 396. The van der Waals surface area contributed by atoms with Crippen molar-refractivity contribution in [1.82, 2.24) is 10.7 Å². The molecule has 0 aromatic heterocycles. The lowest BCUT2D eigenvalue weighted by molar-refractivity contribution is 0.866. The fourth-order valence-electron chi connectivity index (χ4n) is 1.58. The number of rotatable bonds is 5. The molecule has 0 spiro atoms. The SMILES string of the molecule is CCN(CC)c1ccc(C=NNC(=S)NC)cc1. The maximum Gasteiger partial charge on any atom is 0.186 e. The van der Waals surface area contributed by atoms with Crippen LogP contribution in [0.2, 0.25) is 0 Å². The van der Waals surface area contributed by atoms with Gasteiger partial charge in [0.2, 0.25) is 0 Å². The van der Waals surface area contributed by atoms with Gasteiger partial charge in [0.25, 0.3) is 0 Å². The molecule has 0 aliphatic carbocycles. The molecule has 0 bridgehead atoms. The zero-order chi connectivity index (χ0) is 13.4. The topological polar surface area (TPSA) is 39.7 Å². The Labute approximate surface area is 114 Å². The Balaban J connectivity index is 2.62. The molecule has 0 aliphatic heterocycles. The monoisotopic (exact) mass is 264 g/mol. The van der Waals surface area contributed by atoms with Crippen LogP contribution in [0.5, 0.6) is 0 Å². The maximum atomic E-state index is 4.91. The van der Waals surface area contributed by atoms with Gasteiger partial charge in [-0.25, -0.2) is 0 Å². The van der Waals surface area contributed by atoms with Crippen LogP contribution in [0, 0.1) is 0 Å². The van der Waals surface area contributed by atoms with Crippen molar-refractivity contribution >= 4 is 29.2 Å². The van der Waals surface area contributed by atoms with Gasteiger partial charge in [0.1, 0.15) is 0 Å². The van der Waals surface area contributed by atoms with E-state index in [1.165, 1.54) is 5.69 Å². The van der Waals surface area contributed by atoms with E-state index in [0.717, 1.165) is 18.7 Å². The van der Waals surface area contributed by atoms with E-state index in [1.807, 2.05) is 12.1 Å². The molecule has 18 heavy (non-hydrogen) atoms. The summed E-state index contributed by atoms with van der Waals surface area (Å²) in [5.41, 5.74) is 4.99. The highest BCUT2D eigenvalue weighted by molar-refractivity contribution is 7.80. The average Bonchev–Trinajstić information content (AvgIpc) is 2.41. The predicted octanol–water partition coefficient (Wildman–Crippen LogP) is 1.96. The fraction of sp³-hybridized carbons (Fsp3) is 0.385. The molecule has 0 amide bonds. The molecule has 0 saturated heterocycles. The molecule has 1 aromatic carbocycles. The maximum absolute atomic E-state index is 4.91. The minimum absolute atomic E-state index is 0.506. The Hall–Kier alpha value is -1.62. The number of benzene rings is 1. The number of anilines is 1. The van der Waals surface area contributed by atoms with Crippen LogP contribution in [-0.2, 0) is 0 Å². The van der Waals surface area contributed by atoms with Gasteiger partial charge in [-0.05, 0) is 43.8 Å². The lowest BCUT2D eigenvalue weighted by Crippen LogP contribution is -2.28. The minimum atomic E-state index is 0.506. The van der Waals surface area contributed by atoms with Crippen molar-refractivity contribution < 1.29 is 0 Å². The number of nitrogens with one attached hydrogen (secondary N) is 2. The molecule has 1 aromatic rings. The van der Waals surface area contributed by atoms with E-state index in [-0.39, 0.29) is 0 Å². The van der Waals surface area contributed by atoms with Gasteiger partial charge in [-0.3, -0.25) is 5.43 Å². The van der Waals surface area contributed by atoms with Crippen molar-refractivity contribution in [2.45, 2.75) is 13.8 Å². The Morgan fingerprint density at radius 2 is 1.89 bits per heavy atom. The number of hydrogen-bond donors (Lipinski definition) is 2. The molecule has 4 nitrogen and oxygen atoms in total. The second-order valence-electron chi connectivity index (χ2n) is 3.71. The molecule has 2 N–H and O–H groups in total. The number of thiocarbonyl (C=S) groups is 1. The third kappa shape index (κ3) is 4.33. The van der Waals surface area contributed by atoms with E-state index in [9.17, 15) is 0 Å². The third-order valence-electron chi connectivity index (χ3n) is 2.63. The van der Waals surface area contributed by atoms with Crippen molar-refractivity contribution in [3.63, 3.8) is 0 Å². The van der Waals surface area contributed by atoms with Gasteiger partial charge < -0.3 is 10.2 Å². The van der Waals surface area contributed by atoms with Crippen molar-refractivity contribution in [1.29, 1.82) is 0 Å². The van der Waals surface area contributed by atoms with E-state index < -0.39 is 0 Å². The van der Waals surface area contributed by atoms with Gasteiger partial charge in [-0.1, -0.05) is 12.1 Å². The van der Waals surface area contributed by atoms with Crippen molar-refractivity contribution in [2.75, 3.05) is 25.0 Å². The van der Waals surface area contributed by atoms with E-state index in [1.54, 1.807) is 13.3 Å². The van der Waals surface area contributed by atoms with Gasteiger partial charge in [-0.15, -0.1) is 0 Å². The van der Waals surface area contributed by atoms with Crippen LogP contribution in [0.1, 0.15) is 19.4 Å². The summed E-state index contributed by atoms with van der Waals surface area (Å²) >= 11 is 4.91. The predicted molar refractivity (Wildman–Crippen MR) is 82.4 cm³/mol. The molecule has 98 valence electrons. The Morgan fingerprint density at radius 3 is 2.39 bits per heavy atom. The quantitative estimate of drug-likeness (QED) is 0.484. The summed E-state index contributed by atoms with van der Waals surface area (Å²) in [6, 6.07) is 8.29. The van der Waals surface area contributed by atoms with Crippen LogP contribution < -0.4 is 15.6 Å². The Morgan fingerprint density at radius 1 is 1.28 bits per heavy atom. The van der Waals surface area contributed by atoms with Gasteiger partial charge in [0.15, 0.2) is 5.11 Å². The first-order chi connectivity index (χ1) is 8.71. The van der Waals surface area contributed by atoms with Gasteiger partial charge in [0.05, 0.1) is 6.21 Å². The summed E-state index contributed by atoms with van der Waals surface area (Å²) in [6.07, 6.45) is 1.75. The summed E-state index contributed by atoms with van der Waals surface area (Å²) < 4.78 is 0. The van der Waals surface area contributed by atoms with Crippen molar-refractivity contribution in [3.05, 3.63) is 29.8 Å². The highest BCUT2D eigenvalue weighted by Gasteiger charge is 2.00. The summed E-state index contributed by atoms with van der Waals surface area (Å²) in [6.45, 7) is 6.34. The van der Waals surface area contributed by atoms with Gasteiger partial charge in [-0.2, -0.15) is 5.10 Å². The van der Waals surface area contributed by atoms with E-state index in [0.29, 0.717) is 5.11 Å². The van der Waals surface area contributed by atoms with E-state index in [2.05, 4.69) is 46.7 Å². The molecule has 0 fully saturated rings. The molecule has 0 radical (unpaired) electrons. The number of hydrogen-bond acceptors (Lipinski definition) is 3. The summed E-state index contributed by atoms with van der Waals surface area (Å²) in [5, 5.41) is 7.33. The summed E-state index contributed by atoms with van der Waals surface area (Å²) in [5.74, 6) is 0. The van der Waals surface area contributed by atoms with Gasteiger partial charge in [0, 0.05) is 25.8 Å². The molecule has 0 unspecified atom stereocenters. The summed E-state index contributed by atoms with van der Waals surface area (Å²) in [7, 11) is 1.75. The standard InChI is InChI=1S/C13H20N4S/c1-4-17(5-2)12-8-6-11(7-9-12)10-15-16-13(18)14-3/h6-10H,4-5H2,1-3H3,(H2,14,16,18). The lowest BCUT2D eigenvalue weighted by atomic mass is 10.2. The highest BCUT2D eigenvalue weighted by atomic mass is 32.1. The first kappa shape index (κ1) is 14.4. The van der Waals surface area contributed by atoms with Crippen LogP contribution >= 0.6 is 12.2 Å². The normalized spacial score (nSPS) is 10.4. The van der Waals surface area contributed by atoms with Gasteiger partial charge >= 0.3 is 0 Å². The zero-order valence-electron chi connectivity index (χ0n) is 11.1. The molecule has 0 aliphatic rings. The molecule has 0 saturated carbocycles. The molecular weight excluding hydrogens is 244 g/mol. The van der Waals surface area contributed by atoms with Crippen LogP contribution in [0.3, 0.4) is 0 Å². The minimum Gasteiger partial charge on any atom is -0.372 e. The van der Waals surface area contributed by atoms with Crippen LogP contribution in [-0.4, -0.2) is 31.5 Å². The smallest absolute Gasteiger partial charge is 0.186 e. The van der Waals surface area contributed by atoms with Crippen LogP contribution in [0.15, 0.2) is 29.4 Å². The molecule has 0 heterocycles. The third-order valence-corrected chi connectivity index (χ3v) is 2.92. The zero-order valence-corrected chi connectivity index (χ0v) is 11.9. The molecule has 5 heteroatoms. The van der Waals surface area contributed by atoms with Crippen molar-refractivity contribution in [2.24, 2.45) is 5.10 Å². The Kier molecular flexibility index (Phi) is 6.14. The fourth-order valence-corrected chi connectivity index (χ4v) is 1.63. The second-order valence-corrected chi connectivity index (χ2v) is 4.12. The lowest BCUT2D eigenvalue weighted by Gasteiger charge is -2.20. The first-order valence-electron chi connectivity index (χ1n) is 6.07. The summed E-state index contributed by atoms with van der Waals surface area (Å²) in [4.78, 5) is 2.30. The average molecular weight is 264 g/mol. The highest BCUT2D eigenvalue weighted by Crippen LogP contribution is 2.13. The number of hydrazone groups is 1. The van der Waals surface area contributed by atoms with Crippen LogP contribution in [0.25, 0.3) is 0 Å². The molecular formula is C13H20N4S.